The Balaban J connectivity index is 1.23. The molecule has 4 fully saturated rings. The summed E-state index contributed by atoms with van der Waals surface area (Å²) in [6.07, 6.45) is 15.3. The monoisotopic (exact) mass is 492 g/mol. The lowest BCUT2D eigenvalue weighted by Gasteiger charge is -2.64. The van der Waals surface area contributed by atoms with Crippen molar-refractivity contribution in [2.24, 2.45) is 11.8 Å². The highest BCUT2D eigenvalue weighted by molar-refractivity contribution is 5.87. The van der Waals surface area contributed by atoms with Gasteiger partial charge in [0.2, 0.25) is 5.91 Å². The van der Waals surface area contributed by atoms with E-state index in [0.717, 1.165) is 37.4 Å². The third kappa shape index (κ3) is 3.19. The molecule has 2 heterocycles. The number of likely N-dealkylation sites (N-methyl/N-ethyl adjacent to an activating group) is 1. The summed E-state index contributed by atoms with van der Waals surface area (Å²) in [7, 11) is 1.90. The van der Waals surface area contributed by atoms with Gasteiger partial charge in [-0.05, 0) is 87.5 Å². The highest BCUT2D eigenvalue weighted by Gasteiger charge is 2.73. The number of nitrogens with zero attached hydrogens (tertiary/aromatic N) is 2. The van der Waals surface area contributed by atoms with Crippen molar-refractivity contribution in [1.29, 1.82) is 0 Å². The zero-order chi connectivity index (χ0) is 24.7. The van der Waals surface area contributed by atoms with Crippen LogP contribution in [0.4, 0.5) is 0 Å². The number of ether oxygens (including phenoxy) is 1. The number of carbonyl (C=O) groups excluding carboxylic acids is 1. The van der Waals surface area contributed by atoms with Crippen LogP contribution in [0.25, 0.3) is 0 Å². The molecule has 6 heteroatoms. The summed E-state index contributed by atoms with van der Waals surface area (Å²) in [5.41, 5.74) is 0.743. The van der Waals surface area contributed by atoms with E-state index in [-0.39, 0.29) is 29.8 Å². The minimum Gasteiger partial charge on any atom is -0.504 e. The molecule has 1 aromatic rings. The molecule has 1 saturated heterocycles. The van der Waals surface area contributed by atoms with Crippen LogP contribution in [0.15, 0.2) is 24.3 Å². The van der Waals surface area contributed by atoms with E-state index in [1.165, 1.54) is 50.5 Å². The number of aliphatic hydroxyl groups is 1. The Morgan fingerprint density at radius 3 is 2.75 bits per heavy atom. The topological polar surface area (TPSA) is 73.2 Å². The van der Waals surface area contributed by atoms with Gasteiger partial charge in [0, 0.05) is 25.2 Å². The van der Waals surface area contributed by atoms with Gasteiger partial charge in [0.05, 0.1) is 17.1 Å². The van der Waals surface area contributed by atoms with E-state index in [4.69, 9.17) is 4.74 Å². The summed E-state index contributed by atoms with van der Waals surface area (Å²) in [4.78, 5) is 17.8. The Bertz CT molecular complexity index is 1090. The average Bonchev–Trinajstić information content (AvgIpc) is 3.63. The van der Waals surface area contributed by atoms with Gasteiger partial charge in [-0.25, -0.2) is 0 Å². The molecule has 7 rings (SSSR count). The summed E-state index contributed by atoms with van der Waals surface area (Å²) in [5, 5.41) is 23.4. The van der Waals surface area contributed by atoms with E-state index >= 15 is 0 Å². The average molecular weight is 493 g/mol. The Labute approximate surface area is 214 Å². The fourth-order valence-electron chi connectivity index (χ4n) is 8.68. The molecule has 0 aromatic heterocycles. The van der Waals surface area contributed by atoms with Gasteiger partial charge in [0.15, 0.2) is 11.5 Å². The van der Waals surface area contributed by atoms with E-state index < -0.39 is 11.0 Å². The van der Waals surface area contributed by atoms with Gasteiger partial charge in [-0.2, -0.15) is 0 Å². The fourth-order valence-corrected chi connectivity index (χ4v) is 8.68. The highest BCUT2D eigenvalue weighted by Crippen LogP contribution is 2.66. The van der Waals surface area contributed by atoms with E-state index in [0.29, 0.717) is 24.5 Å². The molecule has 1 amide bonds. The quantitative estimate of drug-likeness (QED) is 0.610. The summed E-state index contributed by atoms with van der Waals surface area (Å²) in [5.74, 6) is 2.01. The first-order valence-electron chi connectivity index (χ1n) is 14.4. The second-order valence-electron chi connectivity index (χ2n) is 12.6. The third-order valence-corrected chi connectivity index (χ3v) is 10.7. The van der Waals surface area contributed by atoms with Crippen molar-refractivity contribution in [3.05, 3.63) is 35.4 Å². The number of allylic oxidation sites excluding steroid dienone is 1. The molecule has 0 radical (unpaired) electrons. The van der Waals surface area contributed by atoms with Crippen LogP contribution in [0.3, 0.4) is 0 Å². The Hall–Kier alpha value is -2.05. The van der Waals surface area contributed by atoms with Crippen molar-refractivity contribution in [2.75, 3.05) is 20.1 Å². The lowest BCUT2D eigenvalue weighted by molar-refractivity contribution is -0.200. The molecule has 5 atom stereocenters. The van der Waals surface area contributed by atoms with Crippen molar-refractivity contribution in [3.63, 3.8) is 0 Å². The molecule has 6 aliphatic rings. The van der Waals surface area contributed by atoms with E-state index in [9.17, 15) is 15.0 Å². The van der Waals surface area contributed by atoms with Crippen LogP contribution < -0.4 is 4.74 Å². The van der Waals surface area contributed by atoms with Crippen molar-refractivity contribution in [3.8, 4) is 11.5 Å². The standard InChI is InChI=1S/C30H40N2O4/c1-31(25(34)12-9-19-5-3-2-4-6-19)22-13-14-30(35)24-17-21-10-11-23(33)27-26(21)29(30,28(22)36-27)15-16-32(24)18-20-7-8-20/h9-12,19-20,22,24,28,33,35H,2-8,13-18H2,1H3/t22-,24-,28+,29+,30-/m1/s1. The van der Waals surface area contributed by atoms with Crippen LogP contribution in [-0.2, 0) is 16.6 Å². The number of amides is 1. The molecule has 2 bridgehead atoms. The third-order valence-electron chi connectivity index (χ3n) is 10.7. The predicted molar refractivity (Wildman–Crippen MR) is 137 cm³/mol. The summed E-state index contributed by atoms with van der Waals surface area (Å²) in [6.45, 7) is 2.01. The van der Waals surface area contributed by atoms with Crippen LogP contribution >= 0.6 is 0 Å². The molecular formula is C30H40N2O4. The normalized spacial score (nSPS) is 37.6. The number of hydrogen-bond acceptors (Lipinski definition) is 5. The molecular weight excluding hydrogens is 452 g/mol. The van der Waals surface area contributed by atoms with Gasteiger partial charge in [0.1, 0.15) is 6.10 Å². The maximum Gasteiger partial charge on any atom is 0.246 e. The van der Waals surface area contributed by atoms with Gasteiger partial charge in [0.25, 0.3) is 0 Å². The van der Waals surface area contributed by atoms with Gasteiger partial charge >= 0.3 is 0 Å². The van der Waals surface area contributed by atoms with Crippen molar-refractivity contribution in [2.45, 2.75) is 99.8 Å². The van der Waals surface area contributed by atoms with Crippen LogP contribution in [0.5, 0.6) is 11.5 Å². The van der Waals surface area contributed by atoms with Gasteiger partial charge in [-0.15, -0.1) is 0 Å². The summed E-state index contributed by atoms with van der Waals surface area (Å²) < 4.78 is 6.64. The second kappa shape index (κ2) is 8.22. The number of carbonyl (C=O) groups is 1. The number of benzene rings is 1. The Morgan fingerprint density at radius 1 is 1.17 bits per heavy atom. The molecule has 1 spiro atoms. The first kappa shape index (κ1) is 23.1. The molecule has 0 unspecified atom stereocenters. The number of aromatic hydroxyl groups is 1. The smallest absolute Gasteiger partial charge is 0.246 e. The second-order valence-corrected chi connectivity index (χ2v) is 12.6. The van der Waals surface area contributed by atoms with E-state index in [2.05, 4.69) is 11.0 Å². The van der Waals surface area contributed by atoms with Crippen molar-refractivity contribution >= 4 is 5.91 Å². The van der Waals surface area contributed by atoms with Crippen molar-refractivity contribution in [1.82, 2.24) is 9.80 Å². The minimum atomic E-state index is -0.908. The molecule has 194 valence electrons. The van der Waals surface area contributed by atoms with E-state index in [1.54, 1.807) is 12.1 Å². The minimum absolute atomic E-state index is 0.0231. The van der Waals surface area contributed by atoms with Gasteiger partial charge < -0.3 is 19.8 Å². The van der Waals surface area contributed by atoms with Crippen LogP contribution in [0.2, 0.25) is 0 Å². The van der Waals surface area contributed by atoms with Gasteiger partial charge in [-0.3, -0.25) is 9.69 Å². The Kier molecular flexibility index (Phi) is 5.28. The molecule has 2 aliphatic heterocycles. The van der Waals surface area contributed by atoms with Crippen LogP contribution in [0.1, 0.15) is 75.3 Å². The largest absolute Gasteiger partial charge is 0.504 e. The van der Waals surface area contributed by atoms with E-state index in [1.807, 2.05) is 18.0 Å². The first-order valence-corrected chi connectivity index (χ1v) is 14.4. The molecule has 4 aliphatic carbocycles. The molecule has 36 heavy (non-hydrogen) atoms. The first-order chi connectivity index (χ1) is 17.4. The summed E-state index contributed by atoms with van der Waals surface area (Å²) in [6, 6.07) is 3.72. The number of likely N-dealkylation sites (tertiary alicyclic amines) is 1. The zero-order valence-corrected chi connectivity index (χ0v) is 21.5. The fraction of sp³-hybridized carbons (Fsp3) is 0.700. The number of phenolic OH excluding ortho intramolecular Hbond substituents is 1. The highest BCUT2D eigenvalue weighted by atomic mass is 16.5. The molecule has 6 nitrogen and oxygen atoms in total. The lowest BCUT2D eigenvalue weighted by atomic mass is 9.48. The molecule has 2 N–H and O–H groups in total. The zero-order valence-electron chi connectivity index (χ0n) is 21.5. The van der Waals surface area contributed by atoms with Crippen molar-refractivity contribution < 1.29 is 19.7 Å². The van der Waals surface area contributed by atoms with Crippen LogP contribution in [-0.4, -0.2) is 69.8 Å². The lowest BCUT2D eigenvalue weighted by Crippen LogP contribution is -2.78. The van der Waals surface area contributed by atoms with Gasteiger partial charge in [-0.1, -0.05) is 31.4 Å². The molecule has 3 saturated carbocycles. The number of rotatable bonds is 5. The number of hydrogen-bond donors (Lipinski definition) is 2. The summed E-state index contributed by atoms with van der Waals surface area (Å²) >= 11 is 0. The predicted octanol–water partition coefficient (Wildman–Crippen LogP) is 3.92. The Morgan fingerprint density at radius 2 is 1.97 bits per heavy atom. The SMILES string of the molecule is CN(C(=O)C=CC1CCCCC1)[C@@H]1CC[C@@]2(O)[C@H]3Cc4ccc(O)c5c4[C@@]2(CCN3CC2CC2)[C@H]1O5. The number of phenols is 1. The molecule has 1 aromatic carbocycles. The maximum atomic E-state index is 13.4. The maximum absolute atomic E-state index is 13.4. The number of piperidine rings is 1. The van der Waals surface area contributed by atoms with Crippen LogP contribution in [0, 0.1) is 11.8 Å².